The Kier molecular flexibility index (Phi) is 3.87. The quantitative estimate of drug-likeness (QED) is 0.870. The van der Waals surface area contributed by atoms with Gasteiger partial charge in [-0.15, -0.1) is 0 Å². The van der Waals surface area contributed by atoms with Crippen molar-refractivity contribution in [2.45, 2.75) is 43.4 Å². The molecule has 1 aliphatic carbocycles. The molecular formula is C14H18F3NO. The van der Waals surface area contributed by atoms with Gasteiger partial charge < -0.3 is 10.8 Å². The predicted octanol–water partition coefficient (Wildman–Crippen LogP) is 2.84. The molecule has 3 N–H and O–H groups in total. The zero-order chi connectivity index (χ0) is 14.1. The van der Waals surface area contributed by atoms with Crippen LogP contribution in [0.3, 0.4) is 0 Å². The molecule has 1 saturated carbocycles. The average Bonchev–Trinajstić information content (AvgIpc) is 2.39. The van der Waals surface area contributed by atoms with Gasteiger partial charge in [0.25, 0.3) is 0 Å². The fourth-order valence-corrected chi connectivity index (χ4v) is 2.78. The van der Waals surface area contributed by atoms with Crippen LogP contribution >= 0.6 is 0 Å². The highest BCUT2D eigenvalue weighted by atomic mass is 19.4. The largest absolute Gasteiger partial charge is 0.416 e. The Morgan fingerprint density at radius 1 is 1.16 bits per heavy atom. The van der Waals surface area contributed by atoms with Crippen LogP contribution in [0.25, 0.3) is 0 Å². The van der Waals surface area contributed by atoms with Gasteiger partial charge in [-0.3, -0.25) is 0 Å². The maximum Gasteiger partial charge on any atom is 0.416 e. The molecule has 106 valence electrons. The fraction of sp³-hybridized carbons (Fsp3) is 0.571. The van der Waals surface area contributed by atoms with E-state index in [4.69, 9.17) is 5.73 Å². The molecule has 1 aliphatic rings. The number of benzene rings is 1. The van der Waals surface area contributed by atoms with E-state index in [1.54, 1.807) is 0 Å². The molecule has 0 unspecified atom stereocenters. The lowest BCUT2D eigenvalue weighted by Gasteiger charge is -2.38. The summed E-state index contributed by atoms with van der Waals surface area (Å²) in [5.74, 6) is 0. The highest BCUT2D eigenvalue weighted by Crippen LogP contribution is 2.39. The van der Waals surface area contributed by atoms with Gasteiger partial charge in [0, 0.05) is 12.0 Å². The van der Waals surface area contributed by atoms with E-state index in [2.05, 4.69) is 0 Å². The molecule has 1 aromatic rings. The smallest absolute Gasteiger partial charge is 0.393 e. The Morgan fingerprint density at radius 2 is 1.68 bits per heavy atom. The Bertz CT molecular complexity index is 419. The van der Waals surface area contributed by atoms with Crippen molar-refractivity contribution in [1.29, 1.82) is 0 Å². The van der Waals surface area contributed by atoms with Crippen molar-refractivity contribution in [1.82, 2.24) is 0 Å². The van der Waals surface area contributed by atoms with E-state index in [1.165, 1.54) is 12.1 Å². The summed E-state index contributed by atoms with van der Waals surface area (Å²) in [7, 11) is 0. The van der Waals surface area contributed by atoms with Crippen molar-refractivity contribution >= 4 is 0 Å². The molecule has 1 aromatic carbocycles. The lowest BCUT2D eigenvalue weighted by atomic mass is 9.68. The third kappa shape index (κ3) is 2.92. The van der Waals surface area contributed by atoms with Gasteiger partial charge >= 0.3 is 6.18 Å². The normalized spacial score (nSPS) is 28.4. The molecule has 1 fully saturated rings. The second kappa shape index (κ2) is 5.13. The molecule has 0 saturated heterocycles. The minimum Gasteiger partial charge on any atom is -0.393 e. The summed E-state index contributed by atoms with van der Waals surface area (Å²) < 4.78 is 37.6. The number of hydrogen-bond acceptors (Lipinski definition) is 2. The third-order valence-electron chi connectivity index (χ3n) is 4.13. The SMILES string of the molecule is NCC1(c2ccc(C(F)(F)F)cc2)CCC(O)CC1. The fourth-order valence-electron chi connectivity index (χ4n) is 2.78. The van der Waals surface area contributed by atoms with Crippen LogP contribution in [0.1, 0.15) is 36.8 Å². The summed E-state index contributed by atoms with van der Waals surface area (Å²) in [4.78, 5) is 0. The molecule has 0 heterocycles. The Balaban J connectivity index is 2.25. The minimum absolute atomic E-state index is 0.288. The maximum atomic E-state index is 12.5. The van der Waals surface area contributed by atoms with Crippen molar-refractivity contribution in [3.8, 4) is 0 Å². The van der Waals surface area contributed by atoms with Crippen molar-refractivity contribution < 1.29 is 18.3 Å². The molecule has 0 aromatic heterocycles. The van der Waals surface area contributed by atoms with Crippen LogP contribution in [0.4, 0.5) is 13.2 Å². The Morgan fingerprint density at radius 3 is 2.11 bits per heavy atom. The van der Waals surface area contributed by atoms with Gasteiger partial charge in [-0.2, -0.15) is 13.2 Å². The zero-order valence-electron chi connectivity index (χ0n) is 10.6. The molecular weight excluding hydrogens is 255 g/mol. The molecule has 2 rings (SSSR count). The number of halogens is 3. The zero-order valence-corrected chi connectivity index (χ0v) is 10.6. The van der Waals surface area contributed by atoms with E-state index in [-0.39, 0.29) is 11.5 Å². The van der Waals surface area contributed by atoms with Crippen LogP contribution in [0.15, 0.2) is 24.3 Å². The van der Waals surface area contributed by atoms with E-state index in [0.29, 0.717) is 19.4 Å². The summed E-state index contributed by atoms with van der Waals surface area (Å²) in [6.07, 6.45) is -1.88. The average molecular weight is 273 g/mol. The first kappa shape index (κ1) is 14.3. The summed E-state index contributed by atoms with van der Waals surface area (Å²) in [6.45, 7) is 0.394. The number of nitrogens with two attached hydrogens (primary N) is 1. The molecule has 5 heteroatoms. The molecule has 0 radical (unpaired) electrons. The van der Waals surface area contributed by atoms with Crippen molar-refractivity contribution in [2.24, 2.45) is 5.73 Å². The van der Waals surface area contributed by atoms with E-state index in [1.807, 2.05) is 0 Å². The monoisotopic (exact) mass is 273 g/mol. The van der Waals surface area contributed by atoms with Gasteiger partial charge in [0.15, 0.2) is 0 Å². The van der Waals surface area contributed by atoms with Crippen LogP contribution in [0.2, 0.25) is 0 Å². The van der Waals surface area contributed by atoms with Gasteiger partial charge in [-0.25, -0.2) is 0 Å². The van der Waals surface area contributed by atoms with Crippen molar-refractivity contribution in [3.63, 3.8) is 0 Å². The highest BCUT2D eigenvalue weighted by Gasteiger charge is 2.36. The predicted molar refractivity (Wildman–Crippen MR) is 66.7 cm³/mol. The van der Waals surface area contributed by atoms with E-state index < -0.39 is 11.7 Å². The molecule has 0 bridgehead atoms. The lowest BCUT2D eigenvalue weighted by Crippen LogP contribution is -2.40. The van der Waals surface area contributed by atoms with Crippen LogP contribution in [0, 0.1) is 0 Å². The Labute approximate surface area is 110 Å². The van der Waals surface area contributed by atoms with Gasteiger partial charge in [0.05, 0.1) is 11.7 Å². The summed E-state index contributed by atoms with van der Waals surface area (Å²) in [5.41, 5.74) is 5.75. The molecule has 0 spiro atoms. The van der Waals surface area contributed by atoms with E-state index in [9.17, 15) is 18.3 Å². The standard InChI is InChI=1S/C14H18F3NO/c15-14(16,17)11-3-1-10(2-4-11)13(9-18)7-5-12(19)6-8-13/h1-4,12,19H,5-9,18H2. The lowest BCUT2D eigenvalue weighted by molar-refractivity contribution is -0.137. The molecule has 0 atom stereocenters. The molecule has 19 heavy (non-hydrogen) atoms. The first-order valence-electron chi connectivity index (χ1n) is 6.43. The number of rotatable bonds is 2. The molecule has 2 nitrogen and oxygen atoms in total. The van der Waals surface area contributed by atoms with Gasteiger partial charge in [0.2, 0.25) is 0 Å². The van der Waals surface area contributed by atoms with E-state index >= 15 is 0 Å². The van der Waals surface area contributed by atoms with Crippen molar-refractivity contribution in [2.75, 3.05) is 6.54 Å². The summed E-state index contributed by atoms with van der Waals surface area (Å²) in [6, 6.07) is 5.26. The van der Waals surface area contributed by atoms with E-state index in [0.717, 1.165) is 30.5 Å². The first-order valence-corrected chi connectivity index (χ1v) is 6.43. The van der Waals surface area contributed by atoms with Crippen LogP contribution in [0.5, 0.6) is 0 Å². The van der Waals surface area contributed by atoms with Crippen LogP contribution < -0.4 is 5.73 Å². The Hall–Kier alpha value is -1.07. The topological polar surface area (TPSA) is 46.2 Å². The number of aliphatic hydroxyl groups is 1. The molecule has 0 aliphatic heterocycles. The summed E-state index contributed by atoms with van der Waals surface area (Å²) >= 11 is 0. The van der Waals surface area contributed by atoms with Gasteiger partial charge in [-0.05, 0) is 43.4 Å². The summed E-state index contributed by atoms with van der Waals surface area (Å²) in [5, 5.41) is 9.55. The van der Waals surface area contributed by atoms with Crippen molar-refractivity contribution in [3.05, 3.63) is 35.4 Å². The maximum absolute atomic E-state index is 12.5. The van der Waals surface area contributed by atoms with Gasteiger partial charge in [0.1, 0.15) is 0 Å². The second-order valence-electron chi connectivity index (χ2n) is 5.29. The third-order valence-corrected chi connectivity index (χ3v) is 4.13. The highest BCUT2D eigenvalue weighted by molar-refractivity contribution is 5.31. The van der Waals surface area contributed by atoms with Crippen LogP contribution in [-0.4, -0.2) is 17.8 Å². The number of hydrogen-bond donors (Lipinski definition) is 2. The molecule has 0 amide bonds. The van der Waals surface area contributed by atoms with Crippen LogP contribution in [-0.2, 0) is 11.6 Å². The number of alkyl halides is 3. The first-order chi connectivity index (χ1) is 8.87. The minimum atomic E-state index is -4.31. The van der Waals surface area contributed by atoms with Gasteiger partial charge in [-0.1, -0.05) is 12.1 Å². The number of aliphatic hydroxyl groups excluding tert-OH is 1. The second-order valence-corrected chi connectivity index (χ2v) is 5.29.